The lowest BCUT2D eigenvalue weighted by Gasteiger charge is -2.11. The van der Waals surface area contributed by atoms with Gasteiger partial charge in [-0.25, -0.2) is 4.79 Å². The molecule has 0 unspecified atom stereocenters. The highest BCUT2D eigenvalue weighted by atomic mass is 16.5. The summed E-state index contributed by atoms with van der Waals surface area (Å²) in [6, 6.07) is 6.35. The molecule has 0 aliphatic rings. The highest BCUT2D eigenvalue weighted by Crippen LogP contribution is 2.17. The molecule has 0 aliphatic heterocycles. The molecule has 1 rings (SSSR count). The molecule has 0 saturated carbocycles. The highest BCUT2D eigenvalue weighted by Gasteiger charge is 2.22. The Labute approximate surface area is 242 Å². The van der Waals surface area contributed by atoms with Crippen molar-refractivity contribution >= 4 is 29.3 Å². The van der Waals surface area contributed by atoms with Gasteiger partial charge in [-0.2, -0.15) is 0 Å². The van der Waals surface area contributed by atoms with Crippen molar-refractivity contribution in [3.05, 3.63) is 29.8 Å². The Kier molecular flexibility index (Phi) is 19.8. The second kappa shape index (κ2) is 22.6. The first-order valence-corrected chi connectivity index (χ1v) is 14.6. The van der Waals surface area contributed by atoms with Crippen molar-refractivity contribution in [3.63, 3.8) is 0 Å². The van der Waals surface area contributed by atoms with Crippen LogP contribution in [0.2, 0.25) is 0 Å². The molecule has 0 bridgehead atoms. The van der Waals surface area contributed by atoms with Gasteiger partial charge in [-0.15, -0.1) is 0 Å². The molecule has 2 N–H and O–H groups in total. The lowest BCUT2D eigenvalue weighted by atomic mass is 9.93. The molecule has 10 heteroatoms. The lowest BCUT2D eigenvalue weighted by Crippen LogP contribution is -2.19. The number of hydrogen-bond acceptors (Lipinski definition) is 8. The van der Waals surface area contributed by atoms with Crippen LogP contribution >= 0.6 is 0 Å². The predicted molar refractivity (Wildman–Crippen MR) is 152 cm³/mol. The van der Waals surface area contributed by atoms with Crippen molar-refractivity contribution in [3.8, 4) is 5.75 Å². The summed E-state index contributed by atoms with van der Waals surface area (Å²) >= 11 is 0. The monoisotopic (exact) mass is 578 g/mol. The summed E-state index contributed by atoms with van der Waals surface area (Å²) in [4.78, 5) is 57.6. The number of hydrogen-bond donors (Lipinski definition) is 2. The first kappa shape index (κ1) is 35.9. The van der Waals surface area contributed by atoms with Crippen LogP contribution in [-0.4, -0.2) is 72.5 Å². The molecule has 1 aromatic carbocycles. The number of carbonyl (C=O) groups excluding carboxylic acids is 3. The molecule has 0 amide bonds. The fourth-order valence-electron chi connectivity index (χ4n) is 4.15. The van der Waals surface area contributed by atoms with Crippen LogP contribution in [0, 0.1) is 5.92 Å². The van der Waals surface area contributed by atoms with Gasteiger partial charge in [-0.05, 0) is 56.9 Å². The minimum Gasteiger partial charge on any atom is -0.494 e. The van der Waals surface area contributed by atoms with Gasteiger partial charge in [0, 0.05) is 32.3 Å². The Balaban J connectivity index is 2.03. The van der Waals surface area contributed by atoms with Crippen molar-refractivity contribution in [1.82, 2.24) is 0 Å². The molecular formula is C31H46O10. The lowest BCUT2D eigenvalue weighted by molar-refractivity contribution is -0.144. The number of unbranched alkanes of at least 4 members (excludes halogenated alkanes) is 6. The van der Waals surface area contributed by atoms with Gasteiger partial charge in [0.1, 0.15) is 23.9 Å². The van der Waals surface area contributed by atoms with Gasteiger partial charge in [-0.1, -0.05) is 32.1 Å². The normalized spacial score (nSPS) is 11.6. The Hall–Kier alpha value is -3.11. The van der Waals surface area contributed by atoms with Gasteiger partial charge in [0.05, 0.1) is 31.3 Å². The predicted octanol–water partition coefficient (Wildman–Crippen LogP) is 5.30. The number of benzene rings is 1. The van der Waals surface area contributed by atoms with Crippen LogP contribution in [0.4, 0.5) is 0 Å². The van der Waals surface area contributed by atoms with Crippen LogP contribution in [0.5, 0.6) is 5.75 Å². The number of aromatic carboxylic acids is 1. The zero-order chi connectivity index (χ0) is 30.3. The van der Waals surface area contributed by atoms with Crippen molar-refractivity contribution in [2.45, 2.75) is 90.4 Å². The summed E-state index contributed by atoms with van der Waals surface area (Å²) in [5.41, 5.74) is 0.230. The molecule has 41 heavy (non-hydrogen) atoms. The van der Waals surface area contributed by atoms with Crippen molar-refractivity contribution in [2.24, 2.45) is 5.92 Å². The summed E-state index contributed by atoms with van der Waals surface area (Å²) in [6.07, 6.45) is 8.15. The number of rotatable bonds is 27. The summed E-state index contributed by atoms with van der Waals surface area (Å²) in [5, 5.41) is 18.4. The van der Waals surface area contributed by atoms with Crippen LogP contribution in [0.25, 0.3) is 0 Å². The average Bonchev–Trinajstić information content (AvgIpc) is 2.93. The van der Waals surface area contributed by atoms with Gasteiger partial charge < -0.3 is 24.4 Å². The number of carbonyl (C=O) groups is 5. The van der Waals surface area contributed by atoms with Gasteiger partial charge in [0.2, 0.25) is 0 Å². The molecule has 230 valence electrons. The van der Waals surface area contributed by atoms with Crippen LogP contribution in [0.3, 0.4) is 0 Å². The average molecular weight is 579 g/mol. The molecule has 0 heterocycles. The number of ketones is 3. The molecule has 0 saturated heterocycles. The van der Waals surface area contributed by atoms with E-state index in [1.807, 2.05) is 0 Å². The third-order valence-corrected chi connectivity index (χ3v) is 6.49. The smallest absolute Gasteiger partial charge is 0.335 e. The van der Waals surface area contributed by atoms with Crippen LogP contribution in [0.15, 0.2) is 24.3 Å². The van der Waals surface area contributed by atoms with E-state index in [1.165, 1.54) is 19.1 Å². The fourth-order valence-corrected chi connectivity index (χ4v) is 4.15. The second-order valence-electron chi connectivity index (χ2n) is 10.2. The minimum atomic E-state index is -1.04. The van der Waals surface area contributed by atoms with Crippen molar-refractivity contribution in [2.75, 3.05) is 33.0 Å². The van der Waals surface area contributed by atoms with Gasteiger partial charge in [0.15, 0.2) is 5.78 Å². The zero-order valence-corrected chi connectivity index (χ0v) is 24.3. The first-order valence-electron chi connectivity index (χ1n) is 14.6. The third-order valence-electron chi connectivity index (χ3n) is 6.49. The highest BCUT2D eigenvalue weighted by molar-refractivity contribution is 5.87. The quantitative estimate of drug-likeness (QED) is 0.132. The van der Waals surface area contributed by atoms with Crippen LogP contribution in [-0.2, 0) is 28.7 Å². The van der Waals surface area contributed by atoms with E-state index in [0.717, 1.165) is 44.9 Å². The second-order valence-corrected chi connectivity index (χ2v) is 10.2. The fraction of sp³-hybridized carbons (Fsp3) is 0.645. The first-order chi connectivity index (χ1) is 19.7. The Bertz CT molecular complexity index is 925. The van der Waals surface area contributed by atoms with Crippen molar-refractivity contribution < 1.29 is 48.4 Å². The van der Waals surface area contributed by atoms with E-state index < -0.39 is 17.9 Å². The number of Topliss-reactive ketones (excluding diaryl/α,β-unsaturated/α-hetero) is 3. The molecular weight excluding hydrogens is 532 g/mol. The van der Waals surface area contributed by atoms with E-state index in [0.29, 0.717) is 51.4 Å². The molecule has 0 spiro atoms. The summed E-state index contributed by atoms with van der Waals surface area (Å²) in [6.45, 7) is 3.12. The van der Waals surface area contributed by atoms with Crippen LogP contribution < -0.4 is 4.74 Å². The minimum absolute atomic E-state index is 0.0367. The standard InChI is InChI=1S/C31H46O10/c1-24(32)23-40-21-20-39-18-9-11-27(33)15-12-26(31(37)38)22-28(34)10-7-5-3-2-4-6-8-19-41-29-16-13-25(14-17-29)30(35)36/h13-14,16-17,26H,2-12,15,18-23H2,1H3,(H,35,36)(H,37,38)/t26-/m1/s1. The Morgan fingerprint density at radius 3 is 1.93 bits per heavy atom. The van der Waals surface area contributed by atoms with E-state index in [1.54, 1.807) is 12.1 Å². The maximum Gasteiger partial charge on any atom is 0.335 e. The van der Waals surface area contributed by atoms with Gasteiger partial charge in [-0.3, -0.25) is 19.2 Å². The van der Waals surface area contributed by atoms with E-state index in [-0.39, 0.29) is 48.8 Å². The van der Waals surface area contributed by atoms with E-state index >= 15 is 0 Å². The number of carboxylic acid groups (broad SMARTS) is 2. The van der Waals surface area contributed by atoms with E-state index in [9.17, 15) is 29.1 Å². The third kappa shape index (κ3) is 19.6. The van der Waals surface area contributed by atoms with Crippen LogP contribution in [0.1, 0.15) is 101 Å². The summed E-state index contributed by atoms with van der Waals surface area (Å²) < 4.78 is 16.0. The molecule has 0 aliphatic carbocycles. The topological polar surface area (TPSA) is 154 Å². The largest absolute Gasteiger partial charge is 0.494 e. The van der Waals surface area contributed by atoms with E-state index in [4.69, 9.17) is 19.3 Å². The summed E-state index contributed by atoms with van der Waals surface area (Å²) in [5.74, 6) is -2.34. The zero-order valence-electron chi connectivity index (χ0n) is 24.3. The maximum absolute atomic E-state index is 12.3. The molecule has 1 atom stereocenters. The molecule has 0 aromatic heterocycles. The Morgan fingerprint density at radius 2 is 1.29 bits per heavy atom. The number of aliphatic carboxylic acids is 1. The van der Waals surface area contributed by atoms with E-state index in [2.05, 4.69) is 0 Å². The maximum atomic E-state index is 12.3. The molecule has 10 nitrogen and oxygen atoms in total. The SMILES string of the molecule is CC(=O)COCCOCCCC(=O)CC[C@H](CC(=O)CCCCCCCCCOc1ccc(C(=O)O)cc1)C(=O)O. The molecule has 1 aromatic rings. The number of ether oxygens (including phenoxy) is 3. The number of carboxylic acids is 2. The summed E-state index contributed by atoms with van der Waals surface area (Å²) in [7, 11) is 0. The van der Waals surface area contributed by atoms with Gasteiger partial charge >= 0.3 is 11.9 Å². The molecule has 0 fully saturated rings. The van der Waals surface area contributed by atoms with Crippen molar-refractivity contribution in [1.29, 1.82) is 0 Å². The molecule has 0 radical (unpaired) electrons. The Morgan fingerprint density at radius 1 is 0.683 bits per heavy atom. The van der Waals surface area contributed by atoms with Gasteiger partial charge in [0.25, 0.3) is 0 Å².